The van der Waals surface area contributed by atoms with Gasteiger partial charge < -0.3 is 4.74 Å². The number of azide groups is 1. The fourth-order valence-corrected chi connectivity index (χ4v) is 9.85. The Morgan fingerprint density at radius 2 is 1.96 bits per heavy atom. The molecule has 10 atom stereocenters. The first kappa shape index (κ1) is 18.3. The standard InChI is InChI=1S/C23H37N3O/c1-14(13-25-26-24)17-5-6-18-16-11-20(27-4)23-12-15(23)7-10-22(23,3)19(16)8-9-21(17,18)2/h14-20H,5-13H2,1-4H3/t14-,15?,16+,17-,18+,19+,20-,21-,22-,23?/m1/s1. The van der Waals surface area contributed by atoms with Crippen molar-refractivity contribution >= 4 is 0 Å². The molecule has 0 aromatic heterocycles. The van der Waals surface area contributed by atoms with Gasteiger partial charge in [-0.05, 0) is 103 Å². The molecule has 4 heteroatoms. The van der Waals surface area contributed by atoms with Crippen molar-refractivity contribution < 1.29 is 4.74 Å². The van der Waals surface area contributed by atoms with Gasteiger partial charge in [0, 0.05) is 24.0 Å². The van der Waals surface area contributed by atoms with Crippen LogP contribution in [0.15, 0.2) is 5.11 Å². The molecule has 0 aromatic carbocycles. The molecule has 0 N–H and O–H groups in total. The zero-order valence-corrected chi connectivity index (χ0v) is 17.7. The fourth-order valence-electron chi connectivity index (χ4n) is 9.85. The van der Waals surface area contributed by atoms with Gasteiger partial charge in [0.25, 0.3) is 0 Å². The van der Waals surface area contributed by atoms with Gasteiger partial charge in [-0.15, -0.1) is 0 Å². The maximum Gasteiger partial charge on any atom is 0.0638 e. The molecule has 5 aliphatic rings. The van der Waals surface area contributed by atoms with Crippen molar-refractivity contribution in [3.05, 3.63) is 10.4 Å². The minimum atomic E-state index is 0.437. The van der Waals surface area contributed by atoms with Crippen molar-refractivity contribution in [2.45, 2.75) is 78.2 Å². The van der Waals surface area contributed by atoms with Gasteiger partial charge in [0.2, 0.25) is 0 Å². The Morgan fingerprint density at radius 1 is 1.15 bits per heavy atom. The van der Waals surface area contributed by atoms with Crippen molar-refractivity contribution in [1.82, 2.24) is 0 Å². The van der Waals surface area contributed by atoms with E-state index in [1.165, 1.54) is 51.4 Å². The molecule has 5 rings (SSSR count). The van der Waals surface area contributed by atoms with Gasteiger partial charge in [0.15, 0.2) is 0 Å². The fraction of sp³-hybridized carbons (Fsp3) is 1.00. The average molecular weight is 372 g/mol. The summed E-state index contributed by atoms with van der Waals surface area (Å²) < 4.78 is 6.22. The van der Waals surface area contributed by atoms with Crippen LogP contribution in [0.4, 0.5) is 0 Å². The molecule has 0 radical (unpaired) electrons. The summed E-state index contributed by atoms with van der Waals surface area (Å²) in [5.41, 5.74) is 10.2. The minimum Gasteiger partial charge on any atom is -0.381 e. The smallest absolute Gasteiger partial charge is 0.0638 e. The summed E-state index contributed by atoms with van der Waals surface area (Å²) in [6, 6.07) is 0. The third-order valence-corrected chi connectivity index (χ3v) is 11.0. The van der Waals surface area contributed by atoms with Crippen molar-refractivity contribution in [3.8, 4) is 0 Å². The third kappa shape index (κ3) is 2.12. The number of nitrogens with zero attached hydrogens (tertiary/aromatic N) is 3. The van der Waals surface area contributed by atoms with Crippen molar-refractivity contribution in [1.29, 1.82) is 0 Å². The van der Waals surface area contributed by atoms with E-state index in [2.05, 4.69) is 30.8 Å². The maximum atomic E-state index is 8.75. The first-order valence-electron chi connectivity index (χ1n) is 11.5. The molecular formula is C23H37N3O. The van der Waals surface area contributed by atoms with E-state index in [4.69, 9.17) is 10.3 Å². The summed E-state index contributed by atoms with van der Waals surface area (Å²) in [5.74, 6) is 4.80. The molecule has 27 heavy (non-hydrogen) atoms. The van der Waals surface area contributed by atoms with Crippen LogP contribution in [0.1, 0.15) is 72.1 Å². The normalized spacial score (nSPS) is 56.3. The lowest BCUT2D eigenvalue weighted by Crippen LogP contribution is -2.57. The Labute approximate surface area is 164 Å². The van der Waals surface area contributed by atoms with E-state index in [1.807, 2.05) is 7.11 Å². The molecule has 0 aliphatic heterocycles. The molecule has 1 spiro atoms. The molecule has 0 saturated heterocycles. The minimum absolute atomic E-state index is 0.437. The molecule has 5 saturated carbocycles. The van der Waals surface area contributed by atoms with Crippen molar-refractivity contribution in [2.24, 2.45) is 56.9 Å². The van der Waals surface area contributed by atoms with E-state index >= 15 is 0 Å². The van der Waals surface area contributed by atoms with Crippen LogP contribution in [-0.2, 0) is 4.74 Å². The van der Waals surface area contributed by atoms with Crippen molar-refractivity contribution in [2.75, 3.05) is 13.7 Å². The Kier molecular flexibility index (Phi) is 3.99. The monoisotopic (exact) mass is 371 g/mol. The number of hydrogen-bond acceptors (Lipinski definition) is 2. The van der Waals surface area contributed by atoms with Crippen molar-refractivity contribution in [3.63, 3.8) is 0 Å². The van der Waals surface area contributed by atoms with Gasteiger partial charge in [0.05, 0.1) is 6.10 Å². The molecule has 2 unspecified atom stereocenters. The largest absolute Gasteiger partial charge is 0.381 e. The first-order valence-corrected chi connectivity index (χ1v) is 11.5. The number of rotatable bonds is 4. The van der Waals surface area contributed by atoms with E-state index < -0.39 is 0 Å². The second kappa shape index (κ2) is 5.89. The molecule has 0 aromatic rings. The summed E-state index contributed by atoms with van der Waals surface area (Å²) in [7, 11) is 1.98. The lowest BCUT2D eigenvalue weighted by Gasteiger charge is -2.61. The van der Waals surface area contributed by atoms with Gasteiger partial charge in [-0.1, -0.05) is 25.9 Å². The zero-order chi connectivity index (χ0) is 19.0. The number of methoxy groups -OCH3 is 1. The van der Waals surface area contributed by atoms with E-state index in [1.54, 1.807) is 0 Å². The molecule has 4 nitrogen and oxygen atoms in total. The Balaban J connectivity index is 1.45. The Bertz CT molecular complexity index is 675. The molecule has 0 bridgehead atoms. The highest BCUT2D eigenvalue weighted by atomic mass is 16.5. The topological polar surface area (TPSA) is 58.0 Å². The van der Waals surface area contributed by atoms with Gasteiger partial charge in [-0.3, -0.25) is 0 Å². The SMILES string of the molecule is CO[C@@H]1C[C@H]2[C@@H]3CC[C@H]([C@H](C)CN=[N+]=[N-])[C@@]3(C)CC[C@@H]2[C@@]2(C)CCC3CC312. The highest BCUT2D eigenvalue weighted by Gasteiger charge is 2.77. The van der Waals surface area contributed by atoms with Crippen LogP contribution in [0.3, 0.4) is 0 Å². The molecule has 0 heterocycles. The molecular weight excluding hydrogens is 334 g/mol. The second-order valence-corrected chi connectivity index (χ2v) is 11.4. The molecule has 5 aliphatic carbocycles. The van der Waals surface area contributed by atoms with Gasteiger partial charge in [-0.2, -0.15) is 0 Å². The zero-order valence-electron chi connectivity index (χ0n) is 17.7. The summed E-state index contributed by atoms with van der Waals surface area (Å²) in [6.45, 7) is 8.23. The highest BCUT2D eigenvalue weighted by Crippen LogP contribution is 2.82. The molecule has 5 fully saturated rings. The lowest BCUT2D eigenvalue weighted by molar-refractivity contribution is -0.160. The van der Waals surface area contributed by atoms with Crippen LogP contribution >= 0.6 is 0 Å². The van der Waals surface area contributed by atoms with E-state index in [9.17, 15) is 0 Å². The summed E-state index contributed by atoms with van der Waals surface area (Å²) in [4.78, 5) is 3.03. The lowest BCUT2D eigenvalue weighted by atomic mass is 9.45. The van der Waals surface area contributed by atoms with E-state index in [0.717, 1.165) is 29.6 Å². The van der Waals surface area contributed by atoms with Crippen LogP contribution in [0, 0.1) is 51.8 Å². The Morgan fingerprint density at radius 3 is 2.67 bits per heavy atom. The number of fused-ring (bicyclic) bond motifs is 4. The predicted molar refractivity (Wildman–Crippen MR) is 107 cm³/mol. The van der Waals surface area contributed by atoms with Crippen LogP contribution in [0.2, 0.25) is 0 Å². The summed E-state index contributed by atoms with van der Waals surface area (Å²) in [6.07, 6.45) is 11.7. The molecule has 150 valence electrons. The summed E-state index contributed by atoms with van der Waals surface area (Å²) >= 11 is 0. The quantitative estimate of drug-likeness (QED) is 0.329. The highest BCUT2D eigenvalue weighted by molar-refractivity contribution is 5.26. The average Bonchev–Trinajstić information content (AvgIpc) is 3.16. The second-order valence-electron chi connectivity index (χ2n) is 11.4. The van der Waals surface area contributed by atoms with Crippen LogP contribution in [0.5, 0.6) is 0 Å². The predicted octanol–water partition coefficient (Wildman–Crippen LogP) is 6.22. The van der Waals surface area contributed by atoms with Gasteiger partial charge in [0.1, 0.15) is 0 Å². The number of ether oxygens (including phenoxy) is 1. The summed E-state index contributed by atoms with van der Waals surface area (Å²) in [5, 5.41) is 3.92. The van der Waals surface area contributed by atoms with Crippen LogP contribution in [0.25, 0.3) is 10.4 Å². The first-order chi connectivity index (χ1) is 12.9. The van der Waals surface area contributed by atoms with Crippen LogP contribution in [-0.4, -0.2) is 19.8 Å². The molecule has 0 amide bonds. The van der Waals surface area contributed by atoms with Gasteiger partial charge in [-0.25, -0.2) is 0 Å². The number of hydrogen-bond donors (Lipinski definition) is 0. The van der Waals surface area contributed by atoms with Gasteiger partial charge >= 0.3 is 0 Å². The Hall–Kier alpha value is -0.730. The third-order valence-electron chi connectivity index (χ3n) is 11.0. The van der Waals surface area contributed by atoms with Crippen LogP contribution < -0.4 is 0 Å². The van der Waals surface area contributed by atoms with E-state index in [-0.39, 0.29) is 0 Å². The van der Waals surface area contributed by atoms with E-state index in [0.29, 0.717) is 34.8 Å². The maximum absolute atomic E-state index is 8.75.